The van der Waals surface area contributed by atoms with Crippen LogP contribution in [0, 0.1) is 11.7 Å². The number of halogens is 1. The summed E-state index contributed by atoms with van der Waals surface area (Å²) in [6, 6.07) is 6.50. The minimum Gasteiger partial charge on any atom is -0.339 e. The first kappa shape index (κ1) is 15.5. The van der Waals surface area contributed by atoms with Gasteiger partial charge in [0, 0.05) is 12.6 Å². The second kappa shape index (κ2) is 5.99. The number of amides is 1. The summed E-state index contributed by atoms with van der Waals surface area (Å²) >= 11 is 0. The van der Waals surface area contributed by atoms with E-state index in [2.05, 4.69) is 0 Å². The van der Waals surface area contributed by atoms with Crippen LogP contribution in [0.5, 0.6) is 0 Å². The van der Waals surface area contributed by atoms with Crippen LogP contribution in [0.4, 0.5) is 4.39 Å². The zero-order chi connectivity index (χ0) is 15.7. The van der Waals surface area contributed by atoms with Crippen molar-refractivity contribution < 1.29 is 17.6 Å². The monoisotopic (exact) mass is 325 g/mol. The summed E-state index contributed by atoms with van der Waals surface area (Å²) < 4.78 is 36.4. The first-order chi connectivity index (χ1) is 10.4. The van der Waals surface area contributed by atoms with Gasteiger partial charge in [-0.3, -0.25) is 4.79 Å². The van der Waals surface area contributed by atoms with Gasteiger partial charge in [0.25, 0.3) is 0 Å². The smallest absolute Gasteiger partial charge is 0.226 e. The first-order valence-corrected chi connectivity index (χ1v) is 9.52. The molecule has 0 aliphatic carbocycles. The maximum Gasteiger partial charge on any atom is 0.226 e. The van der Waals surface area contributed by atoms with Crippen molar-refractivity contribution in [1.82, 2.24) is 4.90 Å². The first-order valence-electron chi connectivity index (χ1n) is 7.70. The SMILES string of the molecule is O=C([C@H]1CCS(=O)(=O)C1)N1CCC[C@H]1Cc1cccc(F)c1. The number of carbonyl (C=O) groups is 1. The molecule has 2 fully saturated rings. The van der Waals surface area contributed by atoms with E-state index in [0.29, 0.717) is 19.4 Å². The van der Waals surface area contributed by atoms with Crippen molar-refractivity contribution in [3.63, 3.8) is 0 Å². The summed E-state index contributed by atoms with van der Waals surface area (Å²) in [4.78, 5) is 14.4. The highest BCUT2D eigenvalue weighted by Crippen LogP contribution is 2.27. The van der Waals surface area contributed by atoms with Gasteiger partial charge in [-0.15, -0.1) is 0 Å². The van der Waals surface area contributed by atoms with E-state index < -0.39 is 15.8 Å². The van der Waals surface area contributed by atoms with E-state index >= 15 is 0 Å². The number of rotatable bonds is 3. The normalized spacial score (nSPS) is 27.2. The lowest BCUT2D eigenvalue weighted by Crippen LogP contribution is -2.41. The fourth-order valence-corrected chi connectivity index (χ4v) is 5.23. The molecular weight excluding hydrogens is 305 g/mol. The highest BCUT2D eigenvalue weighted by molar-refractivity contribution is 7.91. The third-order valence-electron chi connectivity index (χ3n) is 4.60. The molecule has 120 valence electrons. The summed E-state index contributed by atoms with van der Waals surface area (Å²) in [7, 11) is -3.05. The summed E-state index contributed by atoms with van der Waals surface area (Å²) in [6.45, 7) is 0.676. The highest BCUT2D eigenvalue weighted by Gasteiger charge is 2.38. The molecule has 0 radical (unpaired) electrons. The van der Waals surface area contributed by atoms with Crippen LogP contribution in [-0.4, -0.2) is 43.3 Å². The molecule has 2 saturated heterocycles. The number of sulfone groups is 1. The largest absolute Gasteiger partial charge is 0.339 e. The van der Waals surface area contributed by atoms with Crippen molar-refractivity contribution >= 4 is 15.7 Å². The molecule has 1 amide bonds. The Morgan fingerprint density at radius 1 is 1.32 bits per heavy atom. The lowest BCUT2D eigenvalue weighted by atomic mass is 10.0. The van der Waals surface area contributed by atoms with E-state index in [1.54, 1.807) is 6.07 Å². The fourth-order valence-electron chi connectivity index (χ4n) is 3.50. The van der Waals surface area contributed by atoms with Crippen LogP contribution in [-0.2, 0) is 21.1 Å². The van der Waals surface area contributed by atoms with Gasteiger partial charge in [0.2, 0.25) is 5.91 Å². The van der Waals surface area contributed by atoms with E-state index in [1.807, 2.05) is 11.0 Å². The molecule has 1 aromatic rings. The lowest BCUT2D eigenvalue weighted by molar-refractivity contribution is -0.135. The lowest BCUT2D eigenvalue weighted by Gasteiger charge is -2.27. The molecule has 0 N–H and O–H groups in total. The average Bonchev–Trinajstić information content (AvgIpc) is 3.04. The Labute approximate surface area is 130 Å². The maximum absolute atomic E-state index is 13.3. The number of nitrogens with zero attached hydrogens (tertiary/aromatic N) is 1. The molecule has 0 aromatic heterocycles. The molecule has 2 atom stereocenters. The Balaban J connectivity index is 1.69. The van der Waals surface area contributed by atoms with Crippen LogP contribution >= 0.6 is 0 Å². The predicted octanol–water partition coefficient (Wildman–Crippen LogP) is 1.79. The number of hydrogen-bond donors (Lipinski definition) is 0. The summed E-state index contributed by atoms with van der Waals surface area (Å²) in [6.07, 6.45) is 2.88. The Morgan fingerprint density at radius 2 is 2.14 bits per heavy atom. The minimum absolute atomic E-state index is 0.0188. The predicted molar refractivity (Wildman–Crippen MR) is 81.6 cm³/mol. The average molecular weight is 325 g/mol. The molecular formula is C16H20FNO3S. The highest BCUT2D eigenvalue weighted by atomic mass is 32.2. The van der Waals surface area contributed by atoms with Gasteiger partial charge in [-0.1, -0.05) is 12.1 Å². The number of benzene rings is 1. The molecule has 1 aromatic carbocycles. The van der Waals surface area contributed by atoms with Gasteiger partial charge in [-0.25, -0.2) is 12.8 Å². The van der Waals surface area contributed by atoms with Crippen LogP contribution in [0.15, 0.2) is 24.3 Å². The third kappa shape index (κ3) is 3.32. The quantitative estimate of drug-likeness (QED) is 0.851. The van der Waals surface area contributed by atoms with Gasteiger partial charge >= 0.3 is 0 Å². The van der Waals surface area contributed by atoms with Gasteiger partial charge in [-0.2, -0.15) is 0 Å². The van der Waals surface area contributed by atoms with Crippen LogP contribution < -0.4 is 0 Å². The molecule has 0 unspecified atom stereocenters. The van der Waals surface area contributed by atoms with E-state index in [9.17, 15) is 17.6 Å². The Morgan fingerprint density at radius 3 is 2.82 bits per heavy atom. The second-order valence-electron chi connectivity index (χ2n) is 6.26. The molecule has 0 saturated carbocycles. The molecule has 0 bridgehead atoms. The Bertz CT molecular complexity index is 674. The Hall–Kier alpha value is -1.43. The van der Waals surface area contributed by atoms with Crippen LogP contribution in [0.2, 0.25) is 0 Å². The molecule has 2 heterocycles. The van der Waals surface area contributed by atoms with Gasteiger partial charge in [-0.05, 0) is 43.4 Å². The van der Waals surface area contributed by atoms with Crippen molar-refractivity contribution in [3.05, 3.63) is 35.6 Å². The Kier molecular flexibility index (Phi) is 4.21. The number of hydrogen-bond acceptors (Lipinski definition) is 3. The van der Waals surface area contributed by atoms with E-state index in [-0.39, 0.29) is 29.3 Å². The third-order valence-corrected chi connectivity index (χ3v) is 6.37. The van der Waals surface area contributed by atoms with Gasteiger partial charge in [0.1, 0.15) is 5.82 Å². The second-order valence-corrected chi connectivity index (χ2v) is 8.49. The van der Waals surface area contributed by atoms with Gasteiger partial charge in [0.15, 0.2) is 9.84 Å². The van der Waals surface area contributed by atoms with Gasteiger partial charge in [0.05, 0.1) is 17.4 Å². The standard InChI is InChI=1S/C16H20FNO3S/c17-14-4-1-3-12(9-14)10-15-5-2-7-18(15)16(19)13-6-8-22(20,21)11-13/h1,3-4,9,13,15H,2,5-8,10-11H2/t13-,15-/m0/s1. The molecule has 2 aliphatic rings. The maximum atomic E-state index is 13.3. The van der Waals surface area contributed by atoms with Crippen LogP contribution in [0.25, 0.3) is 0 Å². The van der Waals surface area contributed by atoms with Crippen molar-refractivity contribution in [1.29, 1.82) is 0 Å². The van der Waals surface area contributed by atoms with Crippen LogP contribution in [0.1, 0.15) is 24.8 Å². The summed E-state index contributed by atoms with van der Waals surface area (Å²) in [5, 5.41) is 0. The van der Waals surface area contributed by atoms with Crippen molar-refractivity contribution in [2.24, 2.45) is 5.92 Å². The minimum atomic E-state index is -3.05. The molecule has 22 heavy (non-hydrogen) atoms. The molecule has 4 nitrogen and oxygen atoms in total. The van der Waals surface area contributed by atoms with Gasteiger partial charge < -0.3 is 4.90 Å². The topological polar surface area (TPSA) is 54.5 Å². The summed E-state index contributed by atoms with van der Waals surface area (Å²) in [5.74, 6) is -0.603. The molecule has 6 heteroatoms. The van der Waals surface area contributed by atoms with E-state index in [1.165, 1.54) is 12.1 Å². The number of likely N-dealkylation sites (tertiary alicyclic amines) is 1. The van der Waals surface area contributed by atoms with Crippen LogP contribution in [0.3, 0.4) is 0 Å². The fraction of sp³-hybridized carbons (Fsp3) is 0.562. The number of carbonyl (C=O) groups excluding carboxylic acids is 1. The van der Waals surface area contributed by atoms with Crippen molar-refractivity contribution in [2.45, 2.75) is 31.7 Å². The van der Waals surface area contributed by atoms with Crippen molar-refractivity contribution in [2.75, 3.05) is 18.1 Å². The summed E-state index contributed by atoms with van der Waals surface area (Å²) in [5.41, 5.74) is 0.878. The molecule has 3 rings (SSSR count). The van der Waals surface area contributed by atoms with E-state index in [0.717, 1.165) is 18.4 Å². The zero-order valence-corrected chi connectivity index (χ0v) is 13.2. The molecule has 0 spiro atoms. The van der Waals surface area contributed by atoms with E-state index in [4.69, 9.17) is 0 Å². The molecule has 2 aliphatic heterocycles. The zero-order valence-electron chi connectivity index (χ0n) is 12.4. The van der Waals surface area contributed by atoms with Crippen molar-refractivity contribution in [3.8, 4) is 0 Å².